The lowest BCUT2D eigenvalue weighted by molar-refractivity contribution is -0.134. The monoisotopic (exact) mass is 345 g/mol. The zero-order valence-electron chi connectivity index (χ0n) is 13.0. The van der Waals surface area contributed by atoms with E-state index >= 15 is 0 Å². The first kappa shape index (κ1) is 17.6. The number of nitrogens with one attached hydrogen (secondary N) is 1. The first-order chi connectivity index (χ1) is 11.4. The Hall–Kier alpha value is -2.79. The Balaban J connectivity index is 2.04. The molecule has 0 heterocycles. The van der Waals surface area contributed by atoms with Crippen LogP contribution in [-0.2, 0) is 16.2 Å². The fraction of sp³-hybridized carbons (Fsp3) is 0.111. The van der Waals surface area contributed by atoms with Gasteiger partial charge in [-0.1, -0.05) is 35.9 Å². The third kappa shape index (κ3) is 5.44. The van der Waals surface area contributed by atoms with Crippen molar-refractivity contribution < 1.29 is 19.4 Å². The van der Waals surface area contributed by atoms with Crippen molar-refractivity contribution in [2.45, 2.75) is 13.5 Å². The number of carboxylic acids is 1. The SMILES string of the molecule is CC(=O)N/C(=C/c1ccc(OCc2cccc(Cl)c2)cc1)C(=O)O. The number of hydrogen-bond donors (Lipinski definition) is 2. The van der Waals surface area contributed by atoms with E-state index in [2.05, 4.69) is 5.32 Å². The Morgan fingerprint density at radius 1 is 1.21 bits per heavy atom. The third-order valence-electron chi connectivity index (χ3n) is 3.03. The van der Waals surface area contributed by atoms with Crippen molar-refractivity contribution in [3.8, 4) is 5.75 Å². The van der Waals surface area contributed by atoms with E-state index < -0.39 is 11.9 Å². The number of carbonyl (C=O) groups is 2. The molecule has 2 aromatic carbocycles. The van der Waals surface area contributed by atoms with Crippen LogP contribution >= 0.6 is 11.6 Å². The average Bonchev–Trinajstić information content (AvgIpc) is 2.53. The predicted molar refractivity (Wildman–Crippen MR) is 91.7 cm³/mol. The fourth-order valence-corrected chi connectivity index (χ4v) is 2.17. The molecule has 2 aromatic rings. The highest BCUT2D eigenvalue weighted by Gasteiger charge is 2.08. The smallest absolute Gasteiger partial charge is 0.352 e. The number of amides is 1. The molecule has 0 aliphatic heterocycles. The van der Waals surface area contributed by atoms with E-state index in [1.807, 2.05) is 18.2 Å². The number of rotatable bonds is 6. The van der Waals surface area contributed by atoms with Gasteiger partial charge in [0.2, 0.25) is 5.91 Å². The maximum Gasteiger partial charge on any atom is 0.352 e. The van der Waals surface area contributed by atoms with Gasteiger partial charge < -0.3 is 15.2 Å². The van der Waals surface area contributed by atoms with Crippen molar-refractivity contribution in [2.24, 2.45) is 0 Å². The van der Waals surface area contributed by atoms with Crippen LogP contribution in [0.15, 0.2) is 54.2 Å². The molecule has 0 atom stereocenters. The van der Waals surface area contributed by atoms with E-state index in [1.165, 1.54) is 13.0 Å². The molecule has 0 radical (unpaired) electrons. The maximum atomic E-state index is 11.1. The van der Waals surface area contributed by atoms with Crippen molar-refractivity contribution >= 4 is 29.6 Å². The summed E-state index contributed by atoms with van der Waals surface area (Å²) in [6.07, 6.45) is 1.38. The summed E-state index contributed by atoms with van der Waals surface area (Å²) < 4.78 is 5.65. The summed E-state index contributed by atoms with van der Waals surface area (Å²) >= 11 is 5.92. The largest absolute Gasteiger partial charge is 0.489 e. The normalized spacial score (nSPS) is 11.0. The van der Waals surface area contributed by atoms with E-state index in [-0.39, 0.29) is 5.70 Å². The number of carboxylic acid groups (broad SMARTS) is 1. The van der Waals surface area contributed by atoms with Gasteiger partial charge in [0, 0.05) is 11.9 Å². The molecule has 0 saturated carbocycles. The first-order valence-corrected chi connectivity index (χ1v) is 7.52. The number of benzene rings is 2. The van der Waals surface area contributed by atoms with Crippen molar-refractivity contribution in [1.82, 2.24) is 5.32 Å². The molecule has 6 heteroatoms. The number of halogens is 1. The van der Waals surface area contributed by atoms with E-state index in [0.29, 0.717) is 22.9 Å². The van der Waals surface area contributed by atoms with Gasteiger partial charge in [-0.3, -0.25) is 4.79 Å². The van der Waals surface area contributed by atoms with Crippen molar-refractivity contribution in [3.63, 3.8) is 0 Å². The predicted octanol–water partition coefficient (Wildman–Crippen LogP) is 3.48. The van der Waals surface area contributed by atoms with Gasteiger partial charge >= 0.3 is 5.97 Å². The minimum atomic E-state index is -1.20. The molecule has 0 aliphatic rings. The maximum absolute atomic E-state index is 11.1. The Labute approximate surface area is 144 Å². The molecule has 124 valence electrons. The van der Waals surface area contributed by atoms with E-state index in [0.717, 1.165) is 5.56 Å². The molecule has 1 amide bonds. The molecule has 0 bridgehead atoms. The molecule has 0 aliphatic carbocycles. The van der Waals surface area contributed by atoms with E-state index in [1.54, 1.807) is 30.3 Å². The second kappa shape index (κ2) is 8.17. The minimum Gasteiger partial charge on any atom is -0.489 e. The topological polar surface area (TPSA) is 75.6 Å². The van der Waals surface area contributed by atoms with Crippen LogP contribution in [0.3, 0.4) is 0 Å². The van der Waals surface area contributed by atoms with Crippen LogP contribution in [0.25, 0.3) is 6.08 Å². The standard InChI is InChI=1S/C18H16ClNO4/c1-12(21)20-17(18(22)23)10-13-5-7-16(8-6-13)24-11-14-3-2-4-15(19)9-14/h2-10H,11H2,1H3,(H,20,21)(H,22,23)/b17-10+. The summed E-state index contributed by atoms with van der Waals surface area (Å²) in [5, 5.41) is 12.0. The van der Waals surface area contributed by atoms with Gasteiger partial charge in [0.1, 0.15) is 18.1 Å². The fourth-order valence-electron chi connectivity index (χ4n) is 1.96. The summed E-state index contributed by atoms with van der Waals surface area (Å²) in [6, 6.07) is 14.2. The van der Waals surface area contributed by atoms with Gasteiger partial charge in [0.15, 0.2) is 0 Å². The highest BCUT2D eigenvalue weighted by atomic mass is 35.5. The first-order valence-electron chi connectivity index (χ1n) is 7.14. The van der Waals surface area contributed by atoms with Crippen LogP contribution in [0.4, 0.5) is 0 Å². The molecule has 5 nitrogen and oxygen atoms in total. The number of hydrogen-bond acceptors (Lipinski definition) is 3. The molecule has 24 heavy (non-hydrogen) atoms. The second-order valence-electron chi connectivity index (χ2n) is 5.03. The summed E-state index contributed by atoms with van der Waals surface area (Å²) in [5.74, 6) is -1.000. The van der Waals surface area contributed by atoms with Crippen LogP contribution in [0, 0.1) is 0 Å². The minimum absolute atomic E-state index is 0.185. The van der Waals surface area contributed by atoms with Gasteiger partial charge in [-0.15, -0.1) is 0 Å². The van der Waals surface area contributed by atoms with Crippen LogP contribution < -0.4 is 10.1 Å². The molecule has 0 spiro atoms. The molecule has 0 fully saturated rings. The lowest BCUT2D eigenvalue weighted by atomic mass is 10.2. The molecule has 0 unspecified atom stereocenters. The van der Waals surface area contributed by atoms with Crippen LogP contribution in [0.1, 0.15) is 18.1 Å². The van der Waals surface area contributed by atoms with Crippen molar-refractivity contribution in [3.05, 3.63) is 70.4 Å². The van der Waals surface area contributed by atoms with E-state index in [9.17, 15) is 9.59 Å². The van der Waals surface area contributed by atoms with Crippen molar-refractivity contribution in [2.75, 3.05) is 0 Å². The Kier molecular flexibility index (Phi) is 5.98. The van der Waals surface area contributed by atoms with Crippen LogP contribution in [0.5, 0.6) is 5.75 Å². The Morgan fingerprint density at radius 2 is 1.92 bits per heavy atom. The summed E-state index contributed by atoms with van der Waals surface area (Å²) in [7, 11) is 0. The van der Waals surface area contributed by atoms with Gasteiger partial charge in [0.05, 0.1) is 0 Å². The molecular weight excluding hydrogens is 330 g/mol. The van der Waals surface area contributed by atoms with E-state index in [4.69, 9.17) is 21.4 Å². The molecular formula is C18H16ClNO4. The quantitative estimate of drug-likeness (QED) is 0.786. The van der Waals surface area contributed by atoms with Crippen molar-refractivity contribution in [1.29, 1.82) is 0 Å². The molecule has 0 saturated heterocycles. The summed E-state index contributed by atoms with van der Waals surface area (Å²) in [5.41, 5.74) is 1.40. The summed E-state index contributed by atoms with van der Waals surface area (Å²) in [4.78, 5) is 22.1. The second-order valence-corrected chi connectivity index (χ2v) is 5.47. The molecule has 2 N–H and O–H groups in total. The lowest BCUT2D eigenvalue weighted by Gasteiger charge is -2.07. The highest BCUT2D eigenvalue weighted by molar-refractivity contribution is 6.30. The molecule has 2 rings (SSSR count). The molecule has 0 aromatic heterocycles. The third-order valence-corrected chi connectivity index (χ3v) is 3.26. The van der Waals surface area contributed by atoms with Gasteiger partial charge in [-0.25, -0.2) is 4.79 Å². The Morgan fingerprint density at radius 3 is 2.50 bits per heavy atom. The van der Waals surface area contributed by atoms with Crippen LogP contribution in [-0.4, -0.2) is 17.0 Å². The number of ether oxygens (including phenoxy) is 1. The number of aliphatic carboxylic acids is 1. The van der Waals surface area contributed by atoms with Gasteiger partial charge in [0.25, 0.3) is 0 Å². The zero-order chi connectivity index (χ0) is 17.5. The number of carbonyl (C=O) groups excluding carboxylic acids is 1. The van der Waals surface area contributed by atoms with Gasteiger partial charge in [-0.2, -0.15) is 0 Å². The average molecular weight is 346 g/mol. The Bertz CT molecular complexity index is 769. The van der Waals surface area contributed by atoms with Crippen LogP contribution in [0.2, 0.25) is 5.02 Å². The highest BCUT2D eigenvalue weighted by Crippen LogP contribution is 2.17. The summed E-state index contributed by atoms with van der Waals surface area (Å²) in [6.45, 7) is 1.63. The zero-order valence-corrected chi connectivity index (χ0v) is 13.7. The van der Waals surface area contributed by atoms with Gasteiger partial charge in [-0.05, 0) is 41.5 Å². The lowest BCUT2D eigenvalue weighted by Crippen LogP contribution is -2.24.